The number of nitrogens with zero attached hydrogens (tertiary/aromatic N) is 1. The van der Waals surface area contributed by atoms with Gasteiger partial charge in [0.2, 0.25) is 5.91 Å². The maximum atomic E-state index is 12.4. The van der Waals surface area contributed by atoms with Crippen molar-refractivity contribution in [2.24, 2.45) is 0 Å². The lowest BCUT2D eigenvalue weighted by Crippen LogP contribution is -2.45. The summed E-state index contributed by atoms with van der Waals surface area (Å²) in [6.45, 7) is 2.92. The van der Waals surface area contributed by atoms with Gasteiger partial charge in [-0.15, -0.1) is 12.3 Å². The van der Waals surface area contributed by atoms with Crippen LogP contribution in [0.3, 0.4) is 0 Å². The molecule has 0 atom stereocenters. The van der Waals surface area contributed by atoms with Gasteiger partial charge in [0.1, 0.15) is 11.3 Å². The van der Waals surface area contributed by atoms with Gasteiger partial charge in [0, 0.05) is 49.1 Å². The number of amides is 1. The van der Waals surface area contributed by atoms with E-state index < -0.39 is 0 Å². The molecule has 1 aliphatic rings. The first-order valence-corrected chi connectivity index (χ1v) is 8.69. The van der Waals surface area contributed by atoms with E-state index in [9.17, 15) is 4.79 Å². The van der Waals surface area contributed by atoms with E-state index in [1.165, 1.54) is 0 Å². The van der Waals surface area contributed by atoms with Crippen LogP contribution in [-0.4, -0.2) is 43.6 Å². The topological polar surface area (TPSA) is 54.7 Å². The molecule has 1 saturated heterocycles. The van der Waals surface area contributed by atoms with Crippen LogP contribution in [-0.2, 0) is 11.2 Å². The van der Waals surface area contributed by atoms with Crippen molar-refractivity contribution < 1.29 is 13.9 Å². The number of carbonyl (C=O) groups is 1. The normalized spacial score (nSPS) is 15.8. The van der Waals surface area contributed by atoms with E-state index in [0.717, 1.165) is 61.2 Å². The lowest BCUT2D eigenvalue weighted by Gasteiger charge is -2.31. The maximum absolute atomic E-state index is 12.4. The second-order valence-corrected chi connectivity index (χ2v) is 6.44. The number of piperidine rings is 1. The molecule has 2 aromatic rings. The molecule has 1 aliphatic heterocycles. The van der Waals surface area contributed by atoms with Gasteiger partial charge in [0.05, 0.1) is 19.8 Å². The average Bonchev–Trinajstić information content (AvgIpc) is 3.03. The molecule has 0 aliphatic carbocycles. The van der Waals surface area contributed by atoms with Crippen molar-refractivity contribution in [3.05, 3.63) is 30.0 Å². The molecule has 0 radical (unpaired) electrons. The van der Waals surface area contributed by atoms with Crippen LogP contribution in [0.2, 0.25) is 0 Å². The molecule has 0 bridgehead atoms. The van der Waals surface area contributed by atoms with E-state index in [0.29, 0.717) is 6.42 Å². The molecule has 0 spiro atoms. The Labute approximate surface area is 148 Å². The molecule has 0 saturated carbocycles. The number of likely N-dealkylation sites (tertiary alicyclic amines) is 1. The quantitative estimate of drug-likeness (QED) is 0.821. The van der Waals surface area contributed by atoms with Gasteiger partial charge >= 0.3 is 0 Å². The first-order valence-electron chi connectivity index (χ1n) is 8.69. The summed E-state index contributed by atoms with van der Waals surface area (Å²) in [6, 6.07) is 5.89. The van der Waals surface area contributed by atoms with Crippen molar-refractivity contribution in [1.82, 2.24) is 10.2 Å². The number of fused-ring (bicyclic) bond motifs is 1. The second-order valence-electron chi connectivity index (χ2n) is 6.44. The minimum absolute atomic E-state index is 0.0422. The van der Waals surface area contributed by atoms with Gasteiger partial charge in [0.15, 0.2) is 0 Å². The number of ether oxygens (including phenoxy) is 1. The minimum Gasteiger partial charge on any atom is -0.497 e. The lowest BCUT2D eigenvalue weighted by atomic mass is 10.0. The van der Waals surface area contributed by atoms with Gasteiger partial charge < -0.3 is 19.4 Å². The van der Waals surface area contributed by atoms with E-state index in [1.807, 2.05) is 18.2 Å². The fourth-order valence-electron chi connectivity index (χ4n) is 3.30. The van der Waals surface area contributed by atoms with Crippen LogP contribution in [0.5, 0.6) is 5.75 Å². The molecule has 1 aromatic carbocycles. The maximum Gasteiger partial charge on any atom is 0.224 e. The number of hydrogen-bond acceptors (Lipinski definition) is 4. The summed E-state index contributed by atoms with van der Waals surface area (Å²) >= 11 is 0. The first kappa shape index (κ1) is 17.4. The molecule has 1 amide bonds. The first-order chi connectivity index (χ1) is 12.2. The van der Waals surface area contributed by atoms with E-state index in [4.69, 9.17) is 15.6 Å². The van der Waals surface area contributed by atoms with Crippen molar-refractivity contribution in [3.8, 4) is 18.1 Å². The summed E-state index contributed by atoms with van der Waals surface area (Å²) in [5, 5.41) is 4.11. The highest BCUT2D eigenvalue weighted by Gasteiger charge is 2.21. The number of carbonyl (C=O) groups excluding carboxylic acids is 1. The molecule has 0 unspecified atom stereocenters. The van der Waals surface area contributed by atoms with Gasteiger partial charge in [0.25, 0.3) is 0 Å². The van der Waals surface area contributed by atoms with Crippen molar-refractivity contribution in [2.75, 3.05) is 26.7 Å². The molecule has 1 N–H and O–H groups in total. The number of benzene rings is 1. The molecule has 3 rings (SSSR count). The molecule has 5 heteroatoms. The number of nitrogens with one attached hydrogen (secondary N) is 1. The van der Waals surface area contributed by atoms with Crippen LogP contribution < -0.4 is 10.1 Å². The van der Waals surface area contributed by atoms with Gasteiger partial charge in [-0.05, 0) is 25.0 Å². The minimum atomic E-state index is 0.0422. The molecule has 2 heterocycles. The zero-order valence-electron chi connectivity index (χ0n) is 14.6. The van der Waals surface area contributed by atoms with Crippen molar-refractivity contribution in [2.45, 2.75) is 31.7 Å². The Kier molecular flexibility index (Phi) is 5.62. The summed E-state index contributed by atoms with van der Waals surface area (Å²) in [4.78, 5) is 14.7. The van der Waals surface area contributed by atoms with Gasteiger partial charge in [-0.25, -0.2) is 0 Å². The molecule has 132 valence electrons. The summed E-state index contributed by atoms with van der Waals surface area (Å²) in [6.07, 6.45) is 10.0. The highest BCUT2D eigenvalue weighted by atomic mass is 16.5. The summed E-state index contributed by atoms with van der Waals surface area (Å²) < 4.78 is 10.7. The largest absolute Gasteiger partial charge is 0.497 e. The number of rotatable bonds is 6. The molecule has 1 fully saturated rings. The molecular formula is C20H24N2O3. The van der Waals surface area contributed by atoms with Crippen molar-refractivity contribution in [1.29, 1.82) is 0 Å². The predicted molar refractivity (Wildman–Crippen MR) is 97.5 cm³/mol. The van der Waals surface area contributed by atoms with Crippen molar-refractivity contribution in [3.63, 3.8) is 0 Å². The molecule has 5 nitrogen and oxygen atoms in total. The molecule has 25 heavy (non-hydrogen) atoms. The van der Waals surface area contributed by atoms with Crippen molar-refractivity contribution >= 4 is 16.9 Å². The highest BCUT2D eigenvalue weighted by molar-refractivity contribution is 5.88. The molecular weight excluding hydrogens is 316 g/mol. The van der Waals surface area contributed by atoms with E-state index >= 15 is 0 Å². The third-order valence-electron chi connectivity index (χ3n) is 4.74. The second kappa shape index (κ2) is 8.09. The Balaban J connectivity index is 1.53. The Morgan fingerprint density at radius 3 is 2.96 bits per heavy atom. The van der Waals surface area contributed by atoms with Gasteiger partial charge in [-0.1, -0.05) is 0 Å². The SMILES string of the molecule is C#CCCN1CCC(NC(=O)Cc2coc3cc(OC)ccc23)CC1. The Morgan fingerprint density at radius 1 is 1.44 bits per heavy atom. The third kappa shape index (κ3) is 4.34. The van der Waals surface area contributed by atoms with E-state index in [-0.39, 0.29) is 11.9 Å². The van der Waals surface area contributed by atoms with Crippen LogP contribution in [0.1, 0.15) is 24.8 Å². The summed E-state index contributed by atoms with van der Waals surface area (Å²) in [5.41, 5.74) is 1.64. The lowest BCUT2D eigenvalue weighted by molar-refractivity contribution is -0.121. The van der Waals surface area contributed by atoms with Gasteiger partial charge in [-0.3, -0.25) is 4.79 Å². The zero-order chi connectivity index (χ0) is 17.6. The summed E-state index contributed by atoms with van der Waals surface area (Å²) in [7, 11) is 1.62. The third-order valence-corrected chi connectivity index (χ3v) is 4.74. The average molecular weight is 340 g/mol. The zero-order valence-corrected chi connectivity index (χ0v) is 14.6. The van der Waals surface area contributed by atoms with Crippen LogP contribution >= 0.6 is 0 Å². The number of methoxy groups -OCH3 is 1. The Hall–Kier alpha value is -2.45. The van der Waals surface area contributed by atoms with Crippen LogP contribution in [0.15, 0.2) is 28.9 Å². The number of furan rings is 1. The van der Waals surface area contributed by atoms with Gasteiger partial charge in [-0.2, -0.15) is 0 Å². The smallest absolute Gasteiger partial charge is 0.224 e. The standard InChI is InChI=1S/C20H24N2O3/c1-3-4-9-22-10-7-16(8-11-22)21-20(23)12-15-14-25-19-13-17(24-2)5-6-18(15)19/h1,5-6,13-14,16H,4,7-12H2,2H3,(H,21,23). The fourth-order valence-corrected chi connectivity index (χ4v) is 3.30. The van der Waals surface area contributed by atoms with E-state index in [2.05, 4.69) is 16.1 Å². The fraction of sp³-hybridized carbons (Fsp3) is 0.450. The van der Waals surface area contributed by atoms with Crippen LogP contribution in [0, 0.1) is 12.3 Å². The summed E-state index contributed by atoms with van der Waals surface area (Å²) in [5.74, 6) is 3.46. The predicted octanol–water partition coefficient (Wildman–Crippen LogP) is 2.59. The Bertz CT molecular complexity index is 767. The number of terminal acetylenes is 1. The van der Waals surface area contributed by atoms with E-state index in [1.54, 1.807) is 13.4 Å². The van der Waals surface area contributed by atoms with Crippen LogP contribution in [0.25, 0.3) is 11.0 Å². The monoisotopic (exact) mass is 340 g/mol. The Morgan fingerprint density at radius 2 is 2.24 bits per heavy atom. The number of hydrogen-bond donors (Lipinski definition) is 1. The molecule has 1 aromatic heterocycles. The van der Waals surface area contributed by atoms with Crippen LogP contribution in [0.4, 0.5) is 0 Å². The highest BCUT2D eigenvalue weighted by Crippen LogP contribution is 2.26.